The van der Waals surface area contributed by atoms with Crippen molar-refractivity contribution in [1.82, 2.24) is 0 Å². The van der Waals surface area contributed by atoms with E-state index in [9.17, 15) is 15.0 Å². The van der Waals surface area contributed by atoms with E-state index in [1.807, 2.05) is 53.7 Å². The zero-order valence-electron chi connectivity index (χ0n) is 13.0. The molecule has 0 heterocycles. The molecule has 0 atom stereocenters. The minimum Gasteiger partial charge on any atom is -0.549 e. The summed E-state index contributed by atoms with van der Waals surface area (Å²) in [6.07, 6.45) is 0. The number of benzene rings is 1. The Morgan fingerprint density at radius 1 is 1.10 bits per heavy atom. The van der Waals surface area contributed by atoms with Crippen LogP contribution in [-0.4, -0.2) is 16.8 Å². The molecule has 3 nitrogen and oxygen atoms in total. The molecule has 0 saturated carbocycles. The summed E-state index contributed by atoms with van der Waals surface area (Å²) < 4.78 is 0. The van der Waals surface area contributed by atoms with Crippen molar-refractivity contribution < 1.29 is 15.0 Å². The van der Waals surface area contributed by atoms with Gasteiger partial charge < -0.3 is 15.0 Å². The van der Waals surface area contributed by atoms with Gasteiger partial charge in [-0.15, -0.1) is 11.8 Å². The normalized spacial score (nSPS) is 12.5. The van der Waals surface area contributed by atoms with Crippen LogP contribution in [0.1, 0.15) is 52.7 Å². The molecular formula is C16H23O3S-. The van der Waals surface area contributed by atoms with Gasteiger partial charge in [0.05, 0.1) is 5.97 Å². The van der Waals surface area contributed by atoms with Crippen molar-refractivity contribution in [2.75, 3.05) is 5.75 Å². The summed E-state index contributed by atoms with van der Waals surface area (Å²) in [6.45, 7) is 12.2. The molecule has 0 aliphatic heterocycles. The predicted octanol–water partition coefficient (Wildman–Crippen LogP) is 2.83. The molecular weight excluding hydrogens is 272 g/mol. The maximum Gasteiger partial charge on any atom is 0.123 e. The van der Waals surface area contributed by atoms with Crippen molar-refractivity contribution in [1.29, 1.82) is 0 Å². The standard InChI is InChI=1S/C16H24O3S/c1-15(2,3)11-7-10(20-9-13(17)18)8-12(14(11)19)16(4,5)6/h7-8,19H,9H2,1-6H3,(H,17,18)/p-1. The highest BCUT2D eigenvalue weighted by atomic mass is 32.2. The molecule has 20 heavy (non-hydrogen) atoms. The van der Waals surface area contributed by atoms with E-state index in [-0.39, 0.29) is 16.6 Å². The fourth-order valence-corrected chi connectivity index (χ4v) is 2.66. The number of phenolic OH excluding ortho intramolecular Hbond substituents is 1. The monoisotopic (exact) mass is 295 g/mol. The molecule has 0 aromatic heterocycles. The van der Waals surface area contributed by atoms with Gasteiger partial charge in [-0.25, -0.2) is 0 Å². The SMILES string of the molecule is CC(C)(C)c1cc(SCC(=O)[O-])cc(C(C)(C)C)c1O. The lowest BCUT2D eigenvalue weighted by Crippen LogP contribution is -2.24. The first kappa shape index (κ1) is 16.9. The van der Waals surface area contributed by atoms with Gasteiger partial charge in [0.2, 0.25) is 0 Å². The highest BCUT2D eigenvalue weighted by Crippen LogP contribution is 2.41. The Balaban J connectivity index is 3.38. The van der Waals surface area contributed by atoms with E-state index in [4.69, 9.17) is 0 Å². The minimum absolute atomic E-state index is 0.0854. The summed E-state index contributed by atoms with van der Waals surface area (Å²) in [5.41, 5.74) is 1.26. The number of hydrogen-bond donors (Lipinski definition) is 1. The molecule has 0 saturated heterocycles. The molecule has 4 heteroatoms. The number of carboxylic acids is 1. The van der Waals surface area contributed by atoms with Gasteiger partial charge in [0.1, 0.15) is 5.75 Å². The first-order valence-corrected chi connectivity index (χ1v) is 7.62. The number of carboxylic acid groups (broad SMARTS) is 1. The average molecular weight is 295 g/mol. The van der Waals surface area contributed by atoms with Crippen molar-refractivity contribution in [3.63, 3.8) is 0 Å². The van der Waals surface area contributed by atoms with Crippen LogP contribution in [0, 0.1) is 0 Å². The number of rotatable bonds is 3. The van der Waals surface area contributed by atoms with Gasteiger partial charge in [-0.2, -0.15) is 0 Å². The van der Waals surface area contributed by atoms with Gasteiger partial charge in [-0.3, -0.25) is 0 Å². The van der Waals surface area contributed by atoms with E-state index in [1.54, 1.807) is 0 Å². The molecule has 0 bridgehead atoms. The highest BCUT2D eigenvalue weighted by Gasteiger charge is 2.26. The molecule has 0 aliphatic rings. The zero-order chi connectivity index (χ0) is 15.7. The third kappa shape index (κ3) is 4.17. The van der Waals surface area contributed by atoms with E-state index in [2.05, 4.69) is 0 Å². The van der Waals surface area contributed by atoms with Crippen LogP contribution in [0.15, 0.2) is 17.0 Å². The van der Waals surface area contributed by atoms with E-state index in [1.165, 1.54) is 11.8 Å². The van der Waals surface area contributed by atoms with Crippen molar-refractivity contribution in [2.45, 2.75) is 57.3 Å². The van der Waals surface area contributed by atoms with E-state index in [0.717, 1.165) is 16.0 Å². The van der Waals surface area contributed by atoms with E-state index >= 15 is 0 Å². The number of thioether (sulfide) groups is 1. The number of aliphatic carboxylic acids is 1. The van der Waals surface area contributed by atoms with Gasteiger partial charge in [-0.05, 0) is 23.0 Å². The van der Waals surface area contributed by atoms with Gasteiger partial charge in [-0.1, -0.05) is 41.5 Å². The molecule has 1 aromatic rings. The van der Waals surface area contributed by atoms with E-state index in [0.29, 0.717) is 5.75 Å². The number of carbonyl (C=O) groups is 1. The van der Waals surface area contributed by atoms with Gasteiger partial charge in [0.15, 0.2) is 0 Å². The maximum atomic E-state index is 10.6. The van der Waals surface area contributed by atoms with Crippen molar-refractivity contribution >= 4 is 17.7 Å². The second-order valence-electron chi connectivity index (χ2n) is 7.03. The topological polar surface area (TPSA) is 60.4 Å². The lowest BCUT2D eigenvalue weighted by atomic mass is 9.79. The molecule has 0 unspecified atom stereocenters. The number of carbonyl (C=O) groups excluding carboxylic acids is 1. The molecule has 0 radical (unpaired) electrons. The van der Waals surface area contributed by atoms with Crippen molar-refractivity contribution in [3.8, 4) is 5.75 Å². The van der Waals surface area contributed by atoms with Crippen LogP contribution in [-0.2, 0) is 15.6 Å². The maximum absolute atomic E-state index is 10.6. The fourth-order valence-electron chi connectivity index (χ4n) is 1.98. The largest absolute Gasteiger partial charge is 0.549 e. The highest BCUT2D eigenvalue weighted by molar-refractivity contribution is 8.00. The number of hydrogen-bond acceptors (Lipinski definition) is 4. The Morgan fingerprint density at radius 2 is 1.50 bits per heavy atom. The minimum atomic E-state index is -1.09. The van der Waals surface area contributed by atoms with Gasteiger partial charge in [0, 0.05) is 21.8 Å². The third-order valence-corrected chi connectivity index (χ3v) is 4.01. The number of aromatic hydroxyl groups is 1. The van der Waals surface area contributed by atoms with Gasteiger partial charge in [0.25, 0.3) is 0 Å². The quantitative estimate of drug-likeness (QED) is 0.871. The average Bonchev–Trinajstić information content (AvgIpc) is 2.24. The van der Waals surface area contributed by atoms with Crippen LogP contribution in [0.25, 0.3) is 0 Å². The molecule has 0 spiro atoms. The van der Waals surface area contributed by atoms with Crippen molar-refractivity contribution in [2.24, 2.45) is 0 Å². The van der Waals surface area contributed by atoms with Crippen LogP contribution in [0.4, 0.5) is 0 Å². The molecule has 1 rings (SSSR count). The summed E-state index contributed by atoms with van der Waals surface area (Å²) in [6, 6.07) is 3.75. The molecule has 112 valence electrons. The predicted molar refractivity (Wildman–Crippen MR) is 81.2 cm³/mol. The molecule has 0 amide bonds. The second-order valence-corrected chi connectivity index (χ2v) is 8.08. The first-order chi connectivity index (χ1) is 8.93. The molecule has 1 N–H and O–H groups in total. The summed E-state index contributed by atoms with van der Waals surface area (Å²) >= 11 is 1.22. The Hall–Kier alpha value is -1.16. The summed E-state index contributed by atoms with van der Waals surface area (Å²) in [4.78, 5) is 11.5. The van der Waals surface area contributed by atoms with Crippen LogP contribution in [0.5, 0.6) is 5.75 Å². The molecule has 0 aliphatic carbocycles. The van der Waals surface area contributed by atoms with Crippen LogP contribution < -0.4 is 5.11 Å². The van der Waals surface area contributed by atoms with Gasteiger partial charge >= 0.3 is 0 Å². The lowest BCUT2D eigenvalue weighted by molar-refractivity contribution is -0.301. The van der Waals surface area contributed by atoms with Crippen LogP contribution in [0.3, 0.4) is 0 Å². The Morgan fingerprint density at radius 3 is 1.80 bits per heavy atom. The lowest BCUT2D eigenvalue weighted by Gasteiger charge is -2.28. The summed E-state index contributed by atoms with van der Waals surface area (Å²) in [5.74, 6) is -0.863. The number of phenols is 1. The van der Waals surface area contributed by atoms with Crippen molar-refractivity contribution in [3.05, 3.63) is 23.3 Å². The first-order valence-electron chi connectivity index (χ1n) is 6.63. The zero-order valence-corrected chi connectivity index (χ0v) is 13.9. The smallest absolute Gasteiger partial charge is 0.123 e. The Kier molecular flexibility index (Phi) is 4.80. The second kappa shape index (κ2) is 5.68. The fraction of sp³-hybridized carbons (Fsp3) is 0.562. The summed E-state index contributed by atoms with van der Waals surface area (Å²) in [5, 5.41) is 21.1. The third-order valence-electron chi connectivity index (χ3n) is 3.06. The molecule has 0 fully saturated rings. The Labute approximate surface area is 125 Å². The molecule has 1 aromatic carbocycles. The van der Waals surface area contributed by atoms with E-state index < -0.39 is 5.97 Å². The summed E-state index contributed by atoms with van der Waals surface area (Å²) in [7, 11) is 0. The van der Waals surface area contributed by atoms with Crippen LogP contribution in [0.2, 0.25) is 0 Å². The Bertz CT molecular complexity index is 472. The van der Waals surface area contributed by atoms with Crippen LogP contribution >= 0.6 is 11.8 Å².